The first kappa shape index (κ1) is 22.8. The molecule has 0 saturated heterocycles. The Kier molecular flexibility index (Phi) is 7.45. The Hall–Kier alpha value is -3.86. The van der Waals surface area contributed by atoms with E-state index in [1.54, 1.807) is 36.8 Å². The lowest BCUT2D eigenvalue weighted by molar-refractivity contribution is 0.0951. The molecule has 164 valence electrons. The molecule has 5 nitrogen and oxygen atoms in total. The monoisotopic (exact) mass is 428 g/mol. The predicted molar refractivity (Wildman–Crippen MR) is 130 cm³/mol. The number of amides is 1. The number of benzene rings is 3. The third-order valence-corrected chi connectivity index (χ3v) is 5.18. The fourth-order valence-electron chi connectivity index (χ4n) is 3.72. The average molecular weight is 429 g/mol. The Morgan fingerprint density at radius 2 is 1.47 bits per heavy atom. The number of nitrogens with zero attached hydrogens (tertiary/aromatic N) is 1. The molecule has 4 rings (SSSR count). The molecule has 0 unspecified atom stereocenters. The van der Waals surface area contributed by atoms with Crippen molar-refractivity contribution in [1.29, 1.82) is 0 Å². The van der Waals surface area contributed by atoms with Crippen LogP contribution in [0.25, 0.3) is 16.5 Å². The van der Waals surface area contributed by atoms with Crippen molar-refractivity contribution in [3.8, 4) is 11.4 Å². The smallest absolute Gasteiger partial charge is 0.263 e. The molecule has 0 bridgehead atoms. The van der Waals surface area contributed by atoms with E-state index in [1.807, 2.05) is 74.5 Å². The lowest BCUT2D eigenvalue weighted by atomic mass is 10.0. The van der Waals surface area contributed by atoms with Gasteiger partial charge in [-0.25, -0.2) is 0 Å². The fourth-order valence-corrected chi connectivity index (χ4v) is 3.72. The molecule has 1 N–H and O–H groups in total. The molecule has 32 heavy (non-hydrogen) atoms. The summed E-state index contributed by atoms with van der Waals surface area (Å²) in [4.78, 5) is 26.6. The van der Waals surface area contributed by atoms with Crippen LogP contribution in [0, 0.1) is 6.92 Å². The number of hydrogen-bond acceptors (Lipinski definition) is 3. The summed E-state index contributed by atoms with van der Waals surface area (Å²) in [5.74, 6) is 0.338. The number of para-hydroxylation sites is 2. The first-order valence-corrected chi connectivity index (χ1v) is 10.7. The zero-order valence-electron chi connectivity index (χ0n) is 18.9. The molecular formula is C27H28N2O3. The van der Waals surface area contributed by atoms with Crippen molar-refractivity contribution in [3.05, 3.63) is 106 Å². The number of fused-ring (bicyclic) bond motifs is 1. The summed E-state index contributed by atoms with van der Waals surface area (Å²) in [7, 11) is 1.56. The SMILES string of the molecule is CC.COc1ccccc1-n1c(C)c(C(=O)NCc2ccccc2)c2ccccc2c1=O. The van der Waals surface area contributed by atoms with E-state index in [2.05, 4.69) is 5.32 Å². The van der Waals surface area contributed by atoms with Gasteiger partial charge < -0.3 is 10.1 Å². The summed E-state index contributed by atoms with van der Waals surface area (Å²) in [6, 6.07) is 24.2. The van der Waals surface area contributed by atoms with Gasteiger partial charge in [0.1, 0.15) is 5.75 Å². The molecule has 0 saturated carbocycles. The first-order valence-electron chi connectivity index (χ1n) is 10.7. The Labute approximate surface area is 188 Å². The van der Waals surface area contributed by atoms with E-state index in [1.165, 1.54) is 0 Å². The number of rotatable bonds is 5. The highest BCUT2D eigenvalue weighted by Crippen LogP contribution is 2.26. The van der Waals surface area contributed by atoms with Crippen LogP contribution in [0.4, 0.5) is 0 Å². The molecule has 5 heteroatoms. The van der Waals surface area contributed by atoms with Gasteiger partial charge in [-0.3, -0.25) is 14.2 Å². The molecule has 0 aliphatic carbocycles. The highest BCUT2D eigenvalue weighted by atomic mass is 16.5. The average Bonchev–Trinajstić information content (AvgIpc) is 2.85. The molecule has 0 fully saturated rings. The van der Waals surface area contributed by atoms with Crippen LogP contribution in [0.5, 0.6) is 5.75 Å². The van der Waals surface area contributed by atoms with Crippen LogP contribution >= 0.6 is 0 Å². The lowest BCUT2D eigenvalue weighted by Crippen LogP contribution is -2.29. The molecule has 0 radical (unpaired) electrons. The maximum atomic E-state index is 13.3. The third-order valence-electron chi connectivity index (χ3n) is 5.18. The van der Waals surface area contributed by atoms with E-state index >= 15 is 0 Å². The van der Waals surface area contributed by atoms with Crippen LogP contribution in [0.2, 0.25) is 0 Å². The van der Waals surface area contributed by atoms with Crippen LogP contribution < -0.4 is 15.6 Å². The number of pyridine rings is 1. The van der Waals surface area contributed by atoms with Gasteiger partial charge in [0.25, 0.3) is 11.5 Å². The quantitative estimate of drug-likeness (QED) is 0.471. The van der Waals surface area contributed by atoms with Crippen LogP contribution in [0.15, 0.2) is 83.7 Å². The predicted octanol–water partition coefficient (Wildman–Crippen LogP) is 5.26. The molecule has 4 aromatic rings. The van der Waals surface area contributed by atoms with Gasteiger partial charge in [-0.05, 0) is 30.7 Å². The van der Waals surface area contributed by atoms with Crippen molar-refractivity contribution in [2.45, 2.75) is 27.3 Å². The van der Waals surface area contributed by atoms with Crippen molar-refractivity contribution in [1.82, 2.24) is 9.88 Å². The van der Waals surface area contributed by atoms with Crippen LogP contribution in [-0.2, 0) is 6.54 Å². The van der Waals surface area contributed by atoms with Gasteiger partial charge in [-0.15, -0.1) is 0 Å². The molecule has 1 heterocycles. The highest BCUT2D eigenvalue weighted by Gasteiger charge is 2.21. The van der Waals surface area contributed by atoms with E-state index in [0.717, 1.165) is 5.56 Å². The molecule has 1 aromatic heterocycles. The largest absolute Gasteiger partial charge is 0.495 e. The number of ether oxygens (including phenoxy) is 1. The van der Waals surface area contributed by atoms with Gasteiger partial charge in [0.2, 0.25) is 0 Å². The highest BCUT2D eigenvalue weighted by molar-refractivity contribution is 6.07. The lowest BCUT2D eigenvalue weighted by Gasteiger charge is -2.19. The van der Waals surface area contributed by atoms with E-state index < -0.39 is 0 Å². The first-order chi connectivity index (χ1) is 15.6. The fraction of sp³-hybridized carbons (Fsp3) is 0.185. The second-order valence-electron chi connectivity index (χ2n) is 6.99. The number of carbonyl (C=O) groups is 1. The van der Waals surface area contributed by atoms with Crippen molar-refractivity contribution >= 4 is 16.7 Å². The zero-order valence-corrected chi connectivity index (χ0v) is 18.9. The summed E-state index contributed by atoms with van der Waals surface area (Å²) in [6.45, 7) is 6.19. The van der Waals surface area contributed by atoms with E-state index in [0.29, 0.717) is 40.0 Å². The molecule has 0 atom stereocenters. The van der Waals surface area contributed by atoms with Gasteiger partial charge in [0, 0.05) is 23.0 Å². The van der Waals surface area contributed by atoms with Gasteiger partial charge in [0.05, 0.1) is 18.4 Å². The molecule has 3 aromatic carbocycles. The molecule has 0 aliphatic heterocycles. The van der Waals surface area contributed by atoms with Crippen molar-refractivity contribution in [2.75, 3.05) is 7.11 Å². The number of aromatic nitrogens is 1. The van der Waals surface area contributed by atoms with E-state index in [9.17, 15) is 9.59 Å². The topological polar surface area (TPSA) is 60.3 Å². The second-order valence-corrected chi connectivity index (χ2v) is 6.99. The Bertz CT molecular complexity index is 1280. The number of methoxy groups -OCH3 is 1. The number of hydrogen-bond donors (Lipinski definition) is 1. The maximum Gasteiger partial charge on any atom is 0.263 e. The van der Waals surface area contributed by atoms with Crippen LogP contribution in [0.1, 0.15) is 35.5 Å². The summed E-state index contributed by atoms with van der Waals surface area (Å²) < 4.78 is 7.02. The second kappa shape index (κ2) is 10.4. The van der Waals surface area contributed by atoms with E-state index in [-0.39, 0.29) is 11.5 Å². The maximum absolute atomic E-state index is 13.3. The normalized spacial score (nSPS) is 10.2. The molecule has 0 aliphatic rings. The number of carbonyl (C=O) groups excluding carboxylic acids is 1. The minimum atomic E-state index is -0.226. The minimum Gasteiger partial charge on any atom is -0.495 e. The van der Waals surface area contributed by atoms with Crippen molar-refractivity contribution < 1.29 is 9.53 Å². The third kappa shape index (κ3) is 4.42. The number of nitrogens with one attached hydrogen (secondary N) is 1. The van der Waals surface area contributed by atoms with Crippen LogP contribution in [-0.4, -0.2) is 17.6 Å². The molecular weight excluding hydrogens is 400 g/mol. The Morgan fingerprint density at radius 3 is 2.16 bits per heavy atom. The summed E-state index contributed by atoms with van der Waals surface area (Å²) in [5.41, 5.74) is 2.46. The zero-order chi connectivity index (χ0) is 23.1. The molecule has 1 amide bonds. The standard InChI is InChI=1S/C25H22N2O3.C2H6/c1-17-23(24(28)26-16-18-10-4-3-5-11-18)19-12-6-7-13-20(19)25(29)27(17)21-14-8-9-15-22(21)30-2;1-2/h3-15H,16H2,1-2H3,(H,26,28);1-2H3. The summed E-state index contributed by atoms with van der Waals surface area (Å²) in [6.07, 6.45) is 0. The minimum absolute atomic E-state index is 0.188. The Morgan fingerprint density at radius 1 is 0.875 bits per heavy atom. The van der Waals surface area contributed by atoms with E-state index in [4.69, 9.17) is 4.74 Å². The summed E-state index contributed by atoms with van der Waals surface area (Å²) >= 11 is 0. The van der Waals surface area contributed by atoms with Gasteiger partial charge in [0.15, 0.2) is 0 Å². The van der Waals surface area contributed by atoms with Gasteiger partial charge in [-0.2, -0.15) is 0 Å². The Balaban J connectivity index is 0.00000141. The van der Waals surface area contributed by atoms with Gasteiger partial charge >= 0.3 is 0 Å². The summed E-state index contributed by atoms with van der Waals surface area (Å²) in [5, 5.41) is 4.11. The van der Waals surface area contributed by atoms with Crippen molar-refractivity contribution in [3.63, 3.8) is 0 Å². The van der Waals surface area contributed by atoms with Crippen molar-refractivity contribution in [2.24, 2.45) is 0 Å². The molecule has 0 spiro atoms. The van der Waals surface area contributed by atoms with Crippen LogP contribution in [0.3, 0.4) is 0 Å². The van der Waals surface area contributed by atoms with Gasteiger partial charge in [-0.1, -0.05) is 74.5 Å².